The Labute approximate surface area is 152 Å². The number of primary amides is 1. The number of hydrogen-bond acceptors (Lipinski definition) is 5. The van der Waals surface area contributed by atoms with E-state index in [9.17, 15) is 18.0 Å². The fourth-order valence-electron chi connectivity index (χ4n) is 2.79. The Morgan fingerprint density at radius 1 is 1.12 bits per heavy atom. The summed E-state index contributed by atoms with van der Waals surface area (Å²) in [5.41, 5.74) is 4.81. The van der Waals surface area contributed by atoms with Gasteiger partial charge in [0.15, 0.2) is 0 Å². The van der Waals surface area contributed by atoms with Crippen molar-refractivity contribution in [2.45, 2.75) is 6.18 Å². The van der Waals surface area contributed by atoms with Crippen molar-refractivity contribution in [3.63, 3.8) is 0 Å². The molecule has 0 bridgehead atoms. The molecule has 1 saturated heterocycles. The number of hydrogen-bond donors (Lipinski definition) is 1. The first-order valence-corrected chi connectivity index (χ1v) is 8.12. The molecule has 6 nitrogen and oxygen atoms in total. The molecule has 2 aromatic heterocycles. The van der Waals surface area contributed by atoms with E-state index in [1.54, 1.807) is 23.2 Å². The minimum absolute atomic E-state index is 0.0519. The molecular formula is C16H15ClF3N5O. The van der Waals surface area contributed by atoms with Crippen molar-refractivity contribution in [1.82, 2.24) is 9.97 Å². The quantitative estimate of drug-likeness (QED) is 0.879. The van der Waals surface area contributed by atoms with Gasteiger partial charge in [-0.1, -0.05) is 11.6 Å². The predicted octanol–water partition coefficient (Wildman–Crippen LogP) is 2.57. The van der Waals surface area contributed by atoms with Gasteiger partial charge in [-0.05, 0) is 18.2 Å². The largest absolute Gasteiger partial charge is 0.417 e. The maximum Gasteiger partial charge on any atom is 0.417 e. The lowest BCUT2D eigenvalue weighted by atomic mass is 10.2. The third-order valence-corrected chi connectivity index (χ3v) is 4.36. The molecule has 2 N–H and O–H groups in total. The van der Waals surface area contributed by atoms with Gasteiger partial charge < -0.3 is 15.5 Å². The van der Waals surface area contributed by atoms with Crippen LogP contribution in [-0.4, -0.2) is 42.1 Å². The molecule has 26 heavy (non-hydrogen) atoms. The van der Waals surface area contributed by atoms with Crippen LogP contribution in [0.1, 0.15) is 15.9 Å². The van der Waals surface area contributed by atoms with Crippen LogP contribution in [0.4, 0.5) is 24.8 Å². The second-order valence-corrected chi connectivity index (χ2v) is 6.15. The molecular weight excluding hydrogens is 371 g/mol. The summed E-state index contributed by atoms with van der Waals surface area (Å²) in [4.78, 5) is 23.3. The van der Waals surface area contributed by atoms with Crippen molar-refractivity contribution in [2.24, 2.45) is 5.73 Å². The minimum Gasteiger partial charge on any atom is -0.365 e. The maximum atomic E-state index is 12.7. The first kappa shape index (κ1) is 18.2. The zero-order valence-electron chi connectivity index (χ0n) is 13.5. The van der Waals surface area contributed by atoms with Gasteiger partial charge in [-0.2, -0.15) is 13.2 Å². The van der Waals surface area contributed by atoms with Gasteiger partial charge in [0, 0.05) is 38.6 Å². The zero-order chi connectivity index (χ0) is 18.9. The molecule has 0 aliphatic carbocycles. The molecule has 0 atom stereocenters. The molecule has 10 heteroatoms. The fourth-order valence-corrected chi connectivity index (χ4v) is 3.08. The van der Waals surface area contributed by atoms with Crippen LogP contribution in [-0.2, 0) is 6.18 Å². The molecule has 0 saturated carbocycles. The van der Waals surface area contributed by atoms with E-state index in [1.165, 1.54) is 0 Å². The van der Waals surface area contributed by atoms with Crippen molar-refractivity contribution in [3.05, 3.63) is 46.7 Å². The summed E-state index contributed by atoms with van der Waals surface area (Å²) < 4.78 is 38.2. The summed E-state index contributed by atoms with van der Waals surface area (Å²) in [6.07, 6.45) is -2.14. The minimum atomic E-state index is -4.49. The highest BCUT2D eigenvalue weighted by Gasteiger charge is 2.32. The number of rotatable bonds is 3. The molecule has 3 heterocycles. The molecule has 3 rings (SSSR count). The number of piperazine rings is 1. The summed E-state index contributed by atoms with van der Waals surface area (Å²) in [6.45, 7) is 1.92. The molecule has 1 aliphatic heterocycles. The second-order valence-electron chi connectivity index (χ2n) is 5.74. The van der Waals surface area contributed by atoms with E-state index >= 15 is 0 Å². The molecule has 0 spiro atoms. The van der Waals surface area contributed by atoms with Crippen LogP contribution in [0.15, 0.2) is 30.6 Å². The van der Waals surface area contributed by atoms with Gasteiger partial charge in [-0.25, -0.2) is 9.97 Å². The van der Waals surface area contributed by atoms with E-state index in [2.05, 4.69) is 9.97 Å². The molecule has 0 unspecified atom stereocenters. The molecule has 138 valence electrons. The van der Waals surface area contributed by atoms with Crippen molar-refractivity contribution >= 4 is 29.1 Å². The van der Waals surface area contributed by atoms with Crippen LogP contribution in [0.3, 0.4) is 0 Å². The number of anilines is 2. The van der Waals surface area contributed by atoms with Gasteiger partial charge in [-0.15, -0.1) is 0 Å². The van der Waals surface area contributed by atoms with Gasteiger partial charge in [0.2, 0.25) is 0 Å². The van der Waals surface area contributed by atoms with Crippen LogP contribution >= 0.6 is 11.6 Å². The maximum absolute atomic E-state index is 12.7. The molecule has 0 aromatic carbocycles. The number of pyridine rings is 2. The number of aromatic nitrogens is 2. The Morgan fingerprint density at radius 3 is 2.27 bits per heavy atom. The number of alkyl halides is 3. The monoisotopic (exact) mass is 385 g/mol. The van der Waals surface area contributed by atoms with Crippen LogP contribution < -0.4 is 15.5 Å². The summed E-state index contributed by atoms with van der Waals surface area (Å²) in [5.74, 6) is 0.226. The number of nitrogens with two attached hydrogens (primary N) is 1. The Balaban J connectivity index is 1.74. The van der Waals surface area contributed by atoms with E-state index in [1.807, 2.05) is 4.90 Å². The van der Waals surface area contributed by atoms with Crippen LogP contribution in [0.2, 0.25) is 5.02 Å². The lowest BCUT2D eigenvalue weighted by Crippen LogP contribution is -2.47. The summed E-state index contributed by atoms with van der Waals surface area (Å²) in [5, 5.41) is -0.0519. The van der Waals surface area contributed by atoms with Gasteiger partial charge in [0.05, 0.1) is 16.1 Å². The van der Waals surface area contributed by atoms with Crippen LogP contribution in [0.5, 0.6) is 0 Å². The Kier molecular flexibility index (Phi) is 4.90. The van der Waals surface area contributed by atoms with Gasteiger partial charge in [0.1, 0.15) is 11.6 Å². The standard InChI is InChI=1S/C16H15ClF3N5O/c17-12-8-10(16(18,19)20)9-23-15(12)25-6-4-24(5-7-25)14-11(13(21)26)2-1-3-22-14/h1-3,8-9H,4-7H2,(H2,21,26). The number of amides is 1. The third-order valence-electron chi connectivity index (χ3n) is 4.08. The van der Waals surface area contributed by atoms with Gasteiger partial charge in [-0.3, -0.25) is 4.79 Å². The highest BCUT2D eigenvalue weighted by Crippen LogP contribution is 2.34. The first-order valence-electron chi connectivity index (χ1n) is 7.75. The number of nitrogens with zero attached hydrogens (tertiary/aromatic N) is 4. The predicted molar refractivity (Wildman–Crippen MR) is 91.4 cm³/mol. The molecule has 2 aromatic rings. The van der Waals surface area contributed by atoms with Crippen molar-refractivity contribution in [1.29, 1.82) is 0 Å². The van der Waals surface area contributed by atoms with Crippen molar-refractivity contribution < 1.29 is 18.0 Å². The second kappa shape index (κ2) is 6.99. The molecule has 1 fully saturated rings. The molecule has 1 aliphatic rings. The van der Waals surface area contributed by atoms with Crippen LogP contribution in [0.25, 0.3) is 0 Å². The van der Waals surface area contributed by atoms with Gasteiger partial charge in [0.25, 0.3) is 5.91 Å². The highest BCUT2D eigenvalue weighted by atomic mass is 35.5. The fraction of sp³-hybridized carbons (Fsp3) is 0.312. The lowest BCUT2D eigenvalue weighted by molar-refractivity contribution is -0.137. The summed E-state index contributed by atoms with van der Waals surface area (Å²) in [6, 6.07) is 4.11. The van der Waals surface area contributed by atoms with E-state index in [4.69, 9.17) is 17.3 Å². The smallest absolute Gasteiger partial charge is 0.365 e. The topological polar surface area (TPSA) is 75.4 Å². The highest BCUT2D eigenvalue weighted by molar-refractivity contribution is 6.33. The van der Waals surface area contributed by atoms with Crippen molar-refractivity contribution in [3.8, 4) is 0 Å². The van der Waals surface area contributed by atoms with E-state index in [0.717, 1.165) is 12.3 Å². The average Bonchev–Trinajstić information content (AvgIpc) is 2.61. The molecule has 1 amide bonds. The number of halogens is 4. The van der Waals surface area contributed by atoms with E-state index in [0.29, 0.717) is 43.4 Å². The Bertz CT molecular complexity index is 822. The van der Waals surface area contributed by atoms with E-state index in [-0.39, 0.29) is 5.02 Å². The summed E-state index contributed by atoms with van der Waals surface area (Å²) in [7, 11) is 0. The molecule has 0 radical (unpaired) electrons. The van der Waals surface area contributed by atoms with Gasteiger partial charge >= 0.3 is 6.18 Å². The average molecular weight is 386 g/mol. The SMILES string of the molecule is NC(=O)c1cccnc1N1CCN(c2ncc(C(F)(F)F)cc2Cl)CC1. The van der Waals surface area contributed by atoms with E-state index < -0.39 is 17.6 Å². The number of carbonyl (C=O) groups is 1. The van der Waals surface area contributed by atoms with Crippen molar-refractivity contribution in [2.75, 3.05) is 36.0 Å². The van der Waals surface area contributed by atoms with Crippen LogP contribution in [0, 0.1) is 0 Å². The normalized spacial score (nSPS) is 15.2. The Morgan fingerprint density at radius 2 is 1.73 bits per heavy atom. The Hall–Kier alpha value is -2.55. The first-order chi connectivity index (χ1) is 12.3. The third kappa shape index (κ3) is 3.67. The number of carbonyl (C=O) groups excluding carboxylic acids is 1. The summed E-state index contributed by atoms with van der Waals surface area (Å²) >= 11 is 6.00. The zero-order valence-corrected chi connectivity index (χ0v) is 14.3. The lowest BCUT2D eigenvalue weighted by Gasteiger charge is -2.36.